The summed E-state index contributed by atoms with van der Waals surface area (Å²) >= 11 is 0. The highest BCUT2D eigenvalue weighted by Crippen LogP contribution is 1.99. The Morgan fingerprint density at radius 2 is 1.44 bits per heavy atom. The van der Waals surface area contributed by atoms with E-state index in [1.54, 1.807) is 0 Å². The van der Waals surface area contributed by atoms with Crippen LogP contribution in [0.3, 0.4) is 0 Å². The van der Waals surface area contributed by atoms with Crippen LogP contribution in [-0.4, -0.2) is 82.4 Å². The summed E-state index contributed by atoms with van der Waals surface area (Å²) in [4.78, 5) is 34.9. The fourth-order valence-electron chi connectivity index (χ4n) is 1.29. The van der Waals surface area contributed by atoms with E-state index in [0.717, 1.165) is 9.80 Å². The number of hydrogen-bond donors (Lipinski definition) is 4. The molecule has 0 saturated carbocycles. The Morgan fingerprint density at radius 3 is 1.78 bits per heavy atom. The molecule has 9 heteroatoms. The Balaban J connectivity index is 4.76. The number of carbonyl (C=O) groups is 3. The number of nitrogens with zero attached hydrogens (tertiary/aromatic N) is 2. The van der Waals surface area contributed by atoms with Crippen molar-refractivity contribution < 1.29 is 29.7 Å². The highest BCUT2D eigenvalue weighted by atomic mass is 16.4. The summed E-state index contributed by atoms with van der Waals surface area (Å²) in [6.45, 7) is -2.07. The average molecular weight is 263 g/mol. The lowest BCUT2D eigenvalue weighted by Crippen LogP contribution is -2.50. The Kier molecular flexibility index (Phi) is 7.40. The molecule has 104 valence electrons. The number of rotatable bonds is 8. The Labute approximate surface area is 103 Å². The minimum absolute atomic E-state index is 0.0751. The van der Waals surface area contributed by atoms with Gasteiger partial charge in [0.1, 0.15) is 13.1 Å². The number of amides is 3. The van der Waals surface area contributed by atoms with Crippen LogP contribution in [0, 0.1) is 0 Å². The quantitative estimate of drug-likeness (QED) is 0.374. The second-order valence-electron chi connectivity index (χ2n) is 3.43. The van der Waals surface area contributed by atoms with Gasteiger partial charge in [-0.2, -0.15) is 0 Å². The summed E-state index contributed by atoms with van der Waals surface area (Å²) in [5.41, 5.74) is 4.91. The molecule has 0 radical (unpaired) electrons. The molecule has 0 aromatic carbocycles. The Bertz CT molecular complexity index is 287. The van der Waals surface area contributed by atoms with Crippen LogP contribution < -0.4 is 5.73 Å². The first-order valence-corrected chi connectivity index (χ1v) is 5.18. The third-order valence-corrected chi connectivity index (χ3v) is 1.95. The van der Waals surface area contributed by atoms with Crippen molar-refractivity contribution in [1.82, 2.24) is 9.80 Å². The van der Waals surface area contributed by atoms with E-state index in [-0.39, 0.29) is 26.3 Å². The zero-order valence-corrected chi connectivity index (χ0v) is 9.78. The predicted molar refractivity (Wildman–Crippen MR) is 59.5 cm³/mol. The summed E-state index contributed by atoms with van der Waals surface area (Å²) in [7, 11) is 0. The average Bonchev–Trinajstić information content (AvgIpc) is 2.25. The first-order chi connectivity index (χ1) is 8.42. The fourth-order valence-corrected chi connectivity index (χ4v) is 1.29. The number of nitrogens with two attached hydrogens (primary N) is 1. The second kappa shape index (κ2) is 8.25. The van der Waals surface area contributed by atoms with Gasteiger partial charge in [-0.05, 0) is 0 Å². The van der Waals surface area contributed by atoms with Crippen molar-refractivity contribution in [1.29, 1.82) is 0 Å². The molecule has 0 aliphatic rings. The van der Waals surface area contributed by atoms with E-state index in [2.05, 4.69) is 0 Å². The number of carboxylic acid groups (broad SMARTS) is 1. The first-order valence-electron chi connectivity index (χ1n) is 5.18. The molecule has 3 amide bonds. The van der Waals surface area contributed by atoms with E-state index in [0.29, 0.717) is 0 Å². The van der Waals surface area contributed by atoms with Gasteiger partial charge in [-0.1, -0.05) is 0 Å². The number of aliphatic hydroxyl groups is 2. The van der Waals surface area contributed by atoms with E-state index < -0.39 is 31.0 Å². The van der Waals surface area contributed by atoms with Crippen LogP contribution in [0.2, 0.25) is 0 Å². The van der Waals surface area contributed by atoms with Crippen LogP contribution in [0.25, 0.3) is 0 Å². The van der Waals surface area contributed by atoms with Crippen molar-refractivity contribution in [3.8, 4) is 0 Å². The molecule has 0 aromatic rings. The van der Waals surface area contributed by atoms with Crippen LogP contribution in [0.4, 0.5) is 4.79 Å². The third-order valence-electron chi connectivity index (χ3n) is 1.95. The molecular formula is C9H17N3O6. The molecule has 0 aliphatic carbocycles. The monoisotopic (exact) mass is 263 g/mol. The van der Waals surface area contributed by atoms with Gasteiger partial charge in [0.05, 0.1) is 13.2 Å². The lowest BCUT2D eigenvalue weighted by atomic mass is 10.4. The van der Waals surface area contributed by atoms with E-state index in [1.807, 2.05) is 0 Å². The van der Waals surface area contributed by atoms with Gasteiger partial charge in [-0.25, -0.2) is 4.79 Å². The zero-order valence-electron chi connectivity index (χ0n) is 9.78. The molecular weight excluding hydrogens is 246 g/mol. The van der Waals surface area contributed by atoms with Gasteiger partial charge in [-0.15, -0.1) is 0 Å². The standard InChI is InChI=1S/C9H17N3O6/c10-7(15)5-12(6-8(16)17)9(18)11(1-3-13)2-4-14/h13-14H,1-6H2,(H2,10,15)(H,16,17). The SMILES string of the molecule is NC(=O)CN(CC(=O)O)C(=O)N(CCO)CCO. The number of aliphatic hydroxyl groups excluding tert-OH is 2. The molecule has 0 atom stereocenters. The van der Waals surface area contributed by atoms with Crippen LogP contribution >= 0.6 is 0 Å². The summed E-state index contributed by atoms with van der Waals surface area (Å²) < 4.78 is 0. The van der Waals surface area contributed by atoms with Crippen molar-refractivity contribution in [2.45, 2.75) is 0 Å². The summed E-state index contributed by atoms with van der Waals surface area (Å²) in [6, 6.07) is -0.778. The fraction of sp³-hybridized carbons (Fsp3) is 0.667. The molecule has 18 heavy (non-hydrogen) atoms. The molecule has 0 rings (SSSR count). The van der Waals surface area contributed by atoms with Gasteiger partial charge < -0.3 is 30.9 Å². The smallest absolute Gasteiger partial charge is 0.323 e. The molecule has 0 bridgehead atoms. The van der Waals surface area contributed by atoms with Crippen molar-refractivity contribution in [3.05, 3.63) is 0 Å². The summed E-state index contributed by atoms with van der Waals surface area (Å²) in [5.74, 6) is -2.14. The minimum Gasteiger partial charge on any atom is -0.480 e. The van der Waals surface area contributed by atoms with E-state index >= 15 is 0 Å². The topological polar surface area (TPSA) is 144 Å². The molecule has 9 nitrogen and oxygen atoms in total. The van der Waals surface area contributed by atoms with E-state index in [9.17, 15) is 14.4 Å². The van der Waals surface area contributed by atoms with Crippen molar-refractivity contribution in [2.75, 3.05) is 39.4 Å². The normalized spacial score (nSPS) is 9.89. The number of primary amides is 1. The molecule has 0 spiro atoms. The summed E-state index contributed by atoms with van der Waals surface area (Å²) in [5, 5.41) is 26.1. The van der Waals surface area contributed by atoms with Gasteiger partial charge in [0, 0.05) is 13.1 Å². The maximum absolute atomic E-state index is 11.9. The summed E-state index contributed by atoms with van der Waals surface area (Å²) in [6.07, 6.45) is 0. The highest BCUT2D eigenvalue weighted by molar-refractivity contribution is 5.85. The number of hydrogen-bond acceptors (Lipinski definition) is 5. The van der Waals surface area contributed by atoms with Gasteiger partial charge in [0.2, 0.25) is 5.91 Å². The highest BCUT2D eigenvalue weighted by Gasteiger charge is 2.23. The molecule has 5 N–H and O–H groups in total. The minimum atomic E-state index is -1.29. The molecule has 0 aliphatic heterocycles. The van der Waals surface area contributed by atoms with Crippen LogP contribution in [-0.2, 0) is 9.59 Å². The molecule has 0 aromatic heterocycles. The van der Waals surface area contributed by atoms with Crippen molar-refractivity contribution >= 4 is 17.9 Å². The number of urea groups is 1. The number of carbonyl (C=O) groups excluding carboxylic acids is 2. The van der Waals surface area contributed by atoms with E-state index in [4.69, 9.17) is 21.1 Å². The Morgan fingerprint density at radius 1 is 0.944 bits per heavy atom. The van der Waals surface area contributed by atoms with Crippen LogP contribution in [0.15, 0.2) is 0 Å². The predicted octanol–water partition coefficient (Wildman–Crippen LogP) is -2.74. The van der Waals surface area contributed by atoms with Gasteiger partial charge >= 0.3 is 12.0 Å². The third kappa shape index (κ3) is 6.01. The van der Waals surface area contributed by atoms with Gasteiger partial charge in [-0.3, -0.25) is 9.59 Å². The molecule has 0 unspecified atom stereocenters. The van der Waals surface area contributed by atoms with Crippen LogP contribution in [0.1, 0.15) is 0 Å². The molecule has 0 heterocycles. The lowest BCUT2D eigenvalue weighted by molar-refractivity contribution is -0.138. The maximum Gasteiger partial charge on any atom is 0.323 e. The Hall–Kier alpha value is -1.87. The van der Waals surface area contributed by atoms with Crippen LogP contribution in [0.5, 0.6) is 0 Å². The number of carboxylic acids is 1. The van der Waals surface area contributed by atoms with Crippen molar-refractivity contribution in [2.24, 2.45) is 5.73 Å². The molecule has 0 fully saturated rings. The van der Waals surface area contributed by atoms with Gasteiger partial charge in [0.25, 0.3) is 0 Å². The van der Waals surface area contributed by atoms with E-state index in [1.165, 1.54) is 0 Å². The zero-order chi connectivity index (χ0) is 14.1. The number of aliphatic carboxylic acids is 1. The maximum atomic E-state index is 11.9. The van der Waals surface area contributed by atoms with Gasteiger partial charge in [0.15, 0.2) is 0 Å². The first kappa shape index (κ1) is 16.1. The van der Waals surface area contributed by atoms with Crippen molar-refractivity contribution in [3.63, 3.8) is 0 Å². The molecule has 0 saturated heterocycles. The lowest BCUT2D eigenvalue weighted by Gasteiger charge is -2.28. The second-order valence-corrected chi connectivity index (χ2v) is 3.43. The largest absolute Gasteiger partial charge is 0.480 e.